The molecule has 0 spiro atoms. The highest BCUT2D eigenvalue weighted by atomic mass is 16.5. The molecule has 2 fully saturated rings. The van der Waals surface area contributed by atoms with Crippen molar-refractivity contribution < 1.29 is 78.5 Å². The van der Waals surface area contributed by atoms with Gasteiger partial charge in [0.15, 0.2) is 0 Å². The van der Waals surface area contributed by atoms with Gasteiger partial charge < -0.3 is 77.1 Å². The van der Waals surface area contributed by atoms with Gasteiger partial charge in [0.05, 0.1) is 0 Å². The SMILES string of the molecule is CC[C@H](C)[C@H](NC(=O)C(O)Cc1ccc(O)cc1)C(=O)N[C@@H](CCO)C(=O)N[C@@H]1C(=O)N[C@@H](CCO)C(=O)N[C@H]2CCC(O)N(C2=O)[C@@H](Cc2ccccc2)C(=O)N(C)[C@@H](Cc2ccc(O)cc2)C(=O)NC(C(C)C)C(=O)O[C@@H]1C. The number of carbonyl (C=O) groups excluding carboxylic acids is 9. The third-order valence-corrected chi connectivity index (χ3v) is 14.4. The number of hydrogen-bond acceptors (Lipinski definition) is 16. The summed E-state index contributed by atoms with van der Waals surface area (Å²) in [5.74, 6) is -10.3. The molecule has 2 aliphatic heterocycles. The van der Waals surface area contributed by atoms with Gasteiger partial charge in [-0.2, -0.15) is 0 Å². The summed E-state index contributed by atoms with van der Waals surface area (Å²) < 4.78 is 5.86. The molecule has 5 rings (SSSR count). The number of phenolic OH excluding ortho intramolecular Hbond substituents is 2. The van der Waals surface area contributed by atoms with Gasteiger partial charge >= 0.3 is 5.97 Å². The Kier molecular flexibility index (Phi) is 23.3. The minimum absolute atomic E-state index is 0.0304. The van der Waals surface area contributed by atoms with Crippen LogP contribution in [0.15, 0.2) is 78.9 Å². The van der Waals surface area contributed by atoms with Crippen LogP contribution in [0.3, 0.4) is 0 Å². The number of rotatable bonds is 19. The van der Waals surface area contributed by atoms with Crippen LogP contribution in [0.25, 0.3) is 0 Å². The average Bonchev–Trinajstić information content (AvgIpc) is 3.42. The van der Waals surface area contributed by atoms with E-state index in [4.69, 9.17) is 4.74 Å². The molecule has 0 radical (unpaired) electrons. The van der Waals surface area contributed by atoms with Gasteiger partial charge in [0.25, 0.3) is 0 Å². The molecule has 0 saturated carbocycles. The van der Waals surface area contributed by atoms with E-state index >= 15 is 4.79 Å². The van der Waals surface area contributed by atoms with Crippen LogP contribution in [0, 0.1) is 11.8 Å². The molecular weight excluding hydrogens is 1040 g/mol. The summed E-state index contributed by atoms with van der Waals surface area (Å²) >= 11 is 0. The molecule has 0 aliphatic carbocycles. The Balaban J connectivity index is 1.53. The van der Waals surface area contributed by atoms with Crippen LogP contribution in [0.5, 0.6) is 11.5 Å². The van der Waals surface area contributed by atoms with Crippen molar-refractivity contribution in [2.45, 2.75) is 153 Å². The lowest BCUT2D eigenvalue weighted by Crippen LogP contribution is -2.65. The van der Waals surface area contributed by atoms with Gasteiger partial charge in [0.1, 0.15) is 78.3 Å². The normalized spacial score (nSPS) is 24.1. The van der Waals surface area contributed by atoms with Gasteiger partial charge in [-0.3, -0.25) is 38.4 Å². The van der Waals surface area contributed by atoms with E-state index in [0.717, 1.165) is 9.80 Å². The largest absolute Gasteiger partial charge is 0.508 e. The molecule has 24 nitrogen and oxygen atoms in total. The summed E-state index contributed by atoms with van der Waals surface area (Å²) in [6, 6.07) is 7.70. The molecule has 3 aromatic carbocycles. The molecule has 0 aromatic heterocycles. The van der Waals surface area contributed by atoms with Crippen LogP contribution in [-0.4, -0.2) is 181 Å². The third-order valence-electron chi connectivity index (χ3n) is 14.4. The summed E-state index contributed by atoms with van der Waals surface area (Å²) in [7, 11) is 1.32. The number of amides is 8. The number of aliphatic hydroxyl groups is 4. The van der Waals surface area contributed by atoms with Crippen LogP contribution in [0.4, 0.5) is 0 Å². The van der Waals surface area contributed by atoms with Gasteiger partial charge in [0, 0.05) is 39.5 Å². The fraction of sp³-hybridized carbons (Fsp3) is 0.518. The van der Waals surface area contributed by atoms with Crippen LogP contribution >= 0.6 is 0 Å². The maximum atomic E-state index is 15.1. The first kappa shape index (κ1) is 63.2. The van der Waals surface area contributed by atoms with Gasteiger partial charge in [-0.05, 0) is 85.4 Å². The fourth-order valence-electron chi connectivity index (χ4n) is 9.40. The van der Waals surface area contributed by atoms with Crippen LogP contribution < -0.4 is 31.9 Å². The zero-order valence-electron chi connectivity index (χ0n) is 45.7. The highest BCUT2D eigenvalue weighted by Gasteiger charge is 2.46. The quantitative estimate of drug-likeness (QED) is 0.0637. The molecule has 24 heteroatoms. The topological polar surface area (TPSA) is 363 Å². The average molecular weight is 1120 g/mol. The molecule has 2 aliphatic rings. The predicted molar refractivity (Wildman–Crippen MR) is 287 cm³/mol. The van der Waals surface area contributed by atoms with E-state index in [1.165, 1.54) is 62.5 Å². The standard InChI is InChI=1S/C56H76N8O16/c1-7-31(4)46(61-51(74)43(69)29-35-15-19-37(68)20-16-35)52(75)57-39(24-26-66)49(72)62-47-32(5)80-56(79)45(30(2)3)60-50(73)41(27-34-13-17-36(67)18-14-34)63(6)55(78)42(28-33-11-9-8-10-12-33)64-44(70)22-21-40(54(64)77)59-48(71)38(23-25-65)58-53(47)76/h8-20,30-32,38-47,65-70H,7,21-29H2,1-6H3,(H,57,75)(H,58,76)(H,59,71)(H,60,73)(H,61,74)(H,62,72)/t31-,32+,38-,39-,40-,41-,42-,43?,44?,45?,46-,47-/m0/s1. The maximum Gasteiger partial charge on any atom is 0.329 e. The minimum Gasteiger partial charge on any atom is -0.508 e. The van der Waals surface area contributed by atoms with E-state index in [-0.39, 0.29) is 43.6 Å². The number of carbonyl (C=O) groups is 9. The fourth-order valence-corrected chi connectivity index (χ4v) is 9.40. The van der Waals surface area contributed by atoms with Crippen LogP contribution in [-0.2, 0) is 67.2 Å². The smallest absolute Gasteiger partial charge is 0.329 e. The van der Waals surface area contributed by atoms with Crippen molar-refractivity contribution >= 4 is 53.2 Å². The number of nitrogens with zero attached hydrogens (tertiary/aromatic N) is 2. The molecule has 3 unspecified atom stereocenters. The second-order valence-electron chi connectivity index (χ2n) is 20.7. The van der Waals surface area contributed by atoms with E-state index < -0.39 is 158 Å². The number of aliphatic hydroxyl groups excluding tert-OH is 4. The summed E-state index contributed by atoms with van der Waals surface area (Å²) in [5, 5.41) is 77.6. The van der Waals surface area contributed by atoms with Crippen molar-refractivity contribution in [2.75, 3.05) is 20.3 Å². The first-order valence-electron chi connectivity index (χ1n) is 26.8. The zero-order chi connectivity index (χ0) is 59.0. The molecule has 2 bridgehead atoms. The lowest BCUT2D eigenvalue weighted by atomic mass is 9.95. The van der Waals surface area contributed by atoms with E-state index in [9.17, 15) is 69.0 Å². The number of cyclic esters (lactones) is 1. The van der Waals surface area contributed by atoms with E-state index in [2.05, 4.69) is 31.9 Å². The zero-order valence-corrected chi connectivity index (χ0v) is 45.7. The van der Waals surface area contributed by atoms with Crippen LogP contribution in [0.1, 0.15) is 83.4 Å². The van der Waals surface area contributed by atoms with Gasteiger partial charge in [-0.25, -0.2) is 4.79 Å². The number of nitrogens with one attached hydrogen (secondary N) is 6. The van der Waals surface area contributed by atoms with Crippen molar-refractivity contribution in [3.63, 3.8) is 0 Å². The lowest BCUT2D eigenvalue weighted by molar-refractivity contribution is -0.165. The number of piperidine rings is 1. The predicted octanol–water partition coefficient (Wildman–Crippen LogP) is -1.06. The van der Waals surface area contributed by atoms with E-state index in [1.807, 2.05) is 0 Å². The van der Waals surface area contributed by atoms with Crippen molar-refractivity contribution in [2.24, 2.45) is 11.8 Å². The molecule has 80 heavy (non-hydrogen) atoms. The molecular formula is C56H76N8O16. The number of likely N-dealkylation sites (N-methyl/N-ethyl adjacent to an activating group) is 1. The Bertz CT molecular complexity index is 2630. The summed E-state index contributed by atoms with van der Waals surface area (Å²) in [5.41, 5.74) is 1.53. The summed E-state index contributed by atoms with van der Waals surface area (Å²) in [6.45, 7) is 6.33. The number of esters is 1. The first-order valence-corrected chi connectivity index (χ1v) is 26.8. The molecule has 3 aromatic rings. The Morgan fingerprint density at radius 1 is 0.713 bits per heavy atom. The Labute approximate surface area is 464 Å². The van der Waals surface area contributed by atoms with E-state index in [1.54, 1.807) is 58.0 Å². The summed E-state index contributed by atoms with van der Waals surface area (Å²) in [4.78, 5) is 131. The lowest BCUT2D eigenvalue weighted by Gasteiger charge is -2.43. The second kappa shape index (κ2) is 29.5. The van der Waals surface area contributed by atoms with Gasteiger partial charge in [-0.1, -0.05) is 88.7 Å². The second-order valence-corrected chi connectivity index (χ2v) is 20.7. The van der Waals surface area contributed by atoms with Gasteiger partial charge in [0.2, 0.25) is 47.3 Å². The number of aromatic hydroxyl groups is 2. The Morgan fingerprint density at radius 2 is 1.31 bits per heavy atom. The number of ether oxygens (including phenoxy) is 1. The van der Waals surface area contributed by atoms with Crippen molar-refractivity contribution in [3.8, 4) is 11.5 Å². The monoisotopic (exact) mass is 1120 g/mol. The number of benzene rings is 3. The van der Waals surface area contributed by atoms with Crippen LogP contribution in [0.2, 0.25) is 0 Å². The number of hydrogen-bond donors (Lipinski definition) is 12. The minimum atomic E-state index is -1.93. The highest BCUT2D eigenvalue weighted by molar-refractivity contribution is 5.99. The highest BCUT2D eigenvalue weighted by Crippen LogP contribution is 2.26. The molecule has 2 heterocycles. The Morgan fingerprint density at radius 3 is 1.90 bits per heavy atom. The van der Waals surface area contributed by atoms with Gasteiger partial charge in [-0.15, -0.1) is 0 Å². The Hall–Kier alpha value is -7.67. The maximum absolute atomic E-state index is 15.1. The van der Waals surface area contributed by atoms with E-state index in [0.29, 0.717) is 23.1 Å². The third kappa shape index (κ3) is 16.9. The first-order chi connectivity index (χ1) is 38.0. The summed E-state index contributed by atoms with van der Waals surface area (Å²) in [6.07, 6.45) is -6.28. The molecule has 2 saturated heterocycles. The number of fused-ring (bicyclic) bond motifs is 2. The van der Waals surface area contributed by atoms with Crippen molar-refractivity contribution in [1.82, 2.24) is 41.7 Å². The molecule has 12 N–H and O–H groups in total. The molecule has 8 amide bonds. The van der Waals surface area contributed by atoms with Crippen molar-refractivity contribution in [1.29, 1.82) is 0 Å². The molecule has 436 valence electrons. The number of phenols is 2. The molecule has 12 atom stereocenters. The van der Waals surface area contributed by atoms with Crippen molar-refractivity contribution in [3.05, 3.63) is 95.6 Å².